The zero-order chi connectivity index (χ0) is 12.6. The van der Waals surface area contributed by atoms with E-state index < -0.39 is 0 Å². The molecular weight excluding hydrogens is 231 g/mol. The van der Waals surface area contributed by atoms with E-state index >= 15 is 0 Å². The van der Waals surface area contributed by atoms with Crippen molar-refractivity contribution >= 4 is 0 Å². The third-order valence-electron chi connectivity index (χ3n) is 3.15. The van der Waals surface area contributed by atoms with Crippen molar-refractivity contribution in [2.24, 2.45) is 0 Å². The van der Waals surface area contributed by atoms with Gasteiger partial charge in [-0.1, -0.05) is 12.1 Å². The van der Waals surface area contributed by atoms with Gasteiger partial charge in [-0.05, 0) is 43.6 Å². The second-order valence-corrected chi connectivity index (χ2v) is 4.61. The van der Waals surface area contributed by atoms with Crippen molar-refractivity contribution in [3.63, 3.8) is 0 Å². The van der Waals surface area contributed by atoms with E-state index in [2.05, 4.69) is 10.6 Å². The van der Waals surface area contributed by atoms with Gasteiger partial charge in [0.15, 0.2) is 0 Å². The van der Waals surface area contributed by atoms with Gasteiger partial charge < -0.3 is 15.4 Å². The van der Waals surface area contributed by atoms with Crippen molar-refractivity contribution < 1.29 is 9.13 Å². The average molecular weight is 252 g/mol. The number of hydrogen-bond donors (Lipinski definition) is 2. The van der Waals surface area contributed by atoms with Crippen LogP contribution in [0.4, 0.5) is 4.39 Å². The molecule has 1 aliphatic rings. The SMILES string of the molecule is Fc1ccc(CCNCCC2CNCCO2)cc1. The summed E-state index contributed by atoms with van der Waals surface area (Å²) < 4.78 is 18.3. The summed E-state index contributed by atoms with van der Waals surface area (Å²) in [6.07, 6.45) is 2.32. The standard InChI is InChI=1S/C14H21FN2O/c15-13-3-1-12(2-4-13)5-7-16-8-6-14-11-17-9-10-18-14/h1-4,14,16-17H,5-11H2. The number of ether oxygens (including phenoxy) is 1. The maximum absolute atomic E-state index is 12.7. The predicted molar refractivity (Wildman–Crippen MR) is 70.2 cm³/mol. The highest BCUT2D eigenvalue weighted by atomic mass is 19.1. The summed E-state index contributed by atoms with van der Waals surface area (Å²) in [7, 11) is 0. The smallest absolute Gasteiger partial charge is 0.123 e. The summed E-state index contributed by atoms with van der Waals surface area (Å²) in [5.74, 6) is -0.173. The number of morpholine rings is 1. The van der Waals surface area contributed by atoms with Crippen LogP contribution in [0.2, 0.25) is 0 Å². The van der Waals surface area contributed by atoms with E-state index in [1.54, 1.807) is 0 Å². The van der Waals surface area contributed by atoms with Crippen LogP contribution in [0.3, 0.4) is 0 Å². The van der Waals surface area contributed by atoms with Gasteiger partial charge in [-0.15, -0.1) is 0 Å². The van der Waals surface area contributed by atoms with Gasteiger partial charge in [0.25, 0.3) is 0 Å². The molecule has 1 aromatic rings. The predicted octanol–water partition coefficient (Wildman–Crippen LogP) is 1.34. The molecule has 3 nitrogen and oxygen atoms in total. The molecule has 1 unspecified atom stereocenters. The van der Waals surface area contributed by atoms with Gasteiger partial charge in [0.1, 0.15) is 5.82 Å². The summed E-state index contributed by atoms with van der Waals surface area (Å²) in [6.45, 7) is 4.63. The van der Waals surface area contributed by atoms with Gasteiger partial charge >= 0.3 is 0 Å². The Morgan fingerprint density at radius 2 is 2.11 bits per heavy atom. The fourth-order valence-electron chi connectivity index (χ4n) is 2.08. The molecule has 0 amide bonds. The molecule has 1 heterocycles. The largest absolute Gasteiger partial charge is 0.376 e. The molecule has 0 spiro atoms. The van der Waals surface area contributed by atoms with Gasteiger partial charge in [0, 0.05) is 13.1 Å². The van der Waals surface area contributed by atoms with Crippen LogP contribution < -0.4 is 10.6 Å². The molecule has 0 bridgehead atoms. The zero-order valence-electron chi connectivity index (χ0n) is 10.6. The summed E-state index contributed by atoms with van der Waals surface area (Å²) in [6, 6.07) is 6.70. The van der Waals surface area contributed by atoms with E-state index in [1.165, 1.54) is 17.7 Å². The van der Waals surface area contributed by atoms with E-state index in [1.807, 2.05) is 12.1 Å². The summed E-state index contributed by atoms with van der Waals surface area (Å²) in [4.78, 5) is 0. The van der Waals surface area contributed by atoms with Crippen LogP contribution in [-0.2, 0) is 11.2 Å². The highest BCUT2D eigenvalue weighted by molar-refractivity contribution is 5.16. The zero-order valence-corrected chi connectivity index (χ0v) is 10.6. The summed E-state index contributed by atoms with van der Waals surface area (Å²) >= 11 is 0. The van der Waals surface area contributed by atoms with Crippen LogP contribution in [0.15, 0.2) is 24.3 Å². The topological polar surface area (TPSA) is 33.3 Å². The first kappa shape index (κ1) is 13.5. The number of nitrogens with one attached hydrogen (secondary N) is 2. The number of hydrogen-bond acceptors (Lipinski definition) is 3. The molecule has 2 N–H and O–H groups in total. The fraction of sp³-hybridized carbons (Fsp3) is 0.571. The van der Waals surface area contributed by atoms with E-state index in [4.69, 9.17) is 4.74 Å². The third-order valence-corrected chi connectivity index (χ3v) is 3.15. The normalized spacial score (nSPS) is 19.9. The Balaban J connectivity index is 1.54. The first-order valence-electron chi connectivity index (χ1n) is 6.62. The minimum atomic E-state index is -0.173. The fourth-order valence-corrected chi connectivity index (χ4v) is 2.08. The van der Waals surface area contributed by atoms with Crippen molar-refractivity contribution in [3.05, 3.63) is 35.6 Å². The molecule has 0 saturated carbocycles. The van der Waals surface area contributed by atoms with Crippen molar-refractivity contribution in [2.45, 2.75) is 18.9 Å². The van der Waals surface area contributed by atoms with Crippen LogP contribution in [0.5, 0.6) is 0 Å². The molecule has 1 atom stereocenters. The molecule has 100 valence electrons. The number of halogens is 1. The van der Waals surface area contributed by atoms with Gasteiger partial charge in [-0.3, -0.25) is 0 Å². The monoisotopic (exact) mass is 252 g/mol. The molecule has 2 rings (SSSR count). The Morgan fingerprint density at radius 3 is 2.83 bits per heavy atom. The Morgan fingerprint density at radius 1 is 1.28 bits per heavy atom. The first-order chi connectivity index (χ1) is 8.84. The lowest BCUT2D eigenvalue weighted by atomic mass is 10.1. The molecule has 1 aliphatic heterocycles. The lowest BCUT2D eigenvalue weighted by molar-refractivity contribution is 0.0239. The second kappa shape index (κ2) is 7.46. The summed E-state index contributed by atoms with van der Waals surface area (Å²) in [5, 5.41) is 6.71. The Kier molecular flexibility index (Phi) is 5.58. The molecule has 0 aromatic heterocycles. The molecule has 1 aromatic carbocycles. The average Bonchev–Trinajstić information content (AvgIpc) is 2.42. The molecule has 1 fully saturated rings. The van der Waals surface area contributed by atoms with Gasteiger partial charge in [-0.2, -0.15) is 0 Å². The van der Waals surface area contributed by atoms with E-state index in [9.17, 15) is 4.39 Å². The summed E-state index contributed by atoms with van der Waals surface area (Å²) in [5.41, 5.74) is 1.17. The van der Waals surface area contributed by atoms with Crippen LogP contribution in [0, 0.1) is 5.82 Å². The number of benzene rings is 1. The maximum Gasteiger partial charge on any atom is 0.123 e. The van der Waals surface area contributed by atoms with Crippen LogP contribution in [0.25, 0.3) is 0 Å². The molecule has 18 heavy (non-hydrogen) atoms. The highest BCUT2D eigenvalue weighted by Gasteiger charge is 2.11. The second-order valence-electron chi connectivity index (χ2n) is 4.61. The van der Waals surface area contributed by atoms with Crippen molar-refractivity contribution in [3.8, 4) is 0 Å². The highest BCUT2D eigenvalue weighted by Crippen LogP contribution is 2.03. The van der Waals surface area contributed by atoms with Gasteiger partial charge in [0.2, 0.25) is 0 Å². The minimum Gasteiger partial charge on any atom is -0.376 e. The molecule has 1 saturated heterocycles. The molecule has 0 radical (unpaired) electrons. The van der Waals surface area contributed by atoms with E-state index in [-0.39, 0.29) is 5.82 Å². The maximum atomic E-state index is 12.7. The van der Waals surface area contributed by atoms with Crippen LogP contribution in [-0.4, -0.2) is 38.9 Å². The molecule has 4 heteroatoms. The van der Waals surface area contributed by atoms with Crippen LogP contribution in [0.1, 0.15) is 12.0 Å². The quantitative estimate of drug-likeness (QED) is 0.750. The first-order valence-corrected chi connectivity index (χ1v) is 6.62. The Bertz CT molecular complexity index is 336. The number of rotatable bonds is 6. The van der Waals surface area contributed by atoms with Crippen molar-refractivity contribution in [1.29, 1.82) is 0 Å². The van der Waals surface area contributed by atoms with Gasteiger partial charge in [-0.25, -0.2) is 4.39 Å². The Hall–Kier alpha value is -0.970. The molecule has 0 aliphatic carbocycles. The van der Waals surface area contributed by atoms with E-state index in [0.717, 1.165) is 45.6 Å². The Labute approximate surface area is 108 Å². The van der Waals surface area contributed by atoms with Crippen molar-refractivity contribution in [2.75, 3.05) is 32.8 Å². The van der Waals surface area contributed by atoms with Gasteiger partial charge in [0.05, 0.1) is 12.7 Å². The van der Waals surface area contributed by atoms with Crippen LogP contribution >= 0.6 is 0 Å². The van der Waals surface area contributed by atoms with Crippen molar-refractivity contribution in [1.82, 2.24) is 10.6 Å². The lowest BCUT2D eigenvalue weighted by Crippen LogP contribution is -2.40. The minimum absolute atomic E-state index is 0.173. The third kappa shape index (κ3) is 4.72. The lowest BCUT2D eigenvalue weighted by Gasteiger charge is -2.23. The molecular formula is C14H21FN2O. The van der Waals surface area contributed by atoms with E-state index in [0.29, 0.717) is 6.10 Å².